The fourth-order valence-corrected chi connectivity index (χ4v) is 1.57. The van der Waals surface area contributed by atoms with Gasteiger partial charge in [0.2, 0.25) is 11.8 Å². The summed E-state index contributed by atoms with van der Waals surface area (Å²) in [7, 11) is 0. The molecule has 0 aromatic rings. The Morgan fingerprint density at radius 1 is 1.27 bits per heavy atom. The topological polar surface area (TPSA) is 58.6 Å². The molecule has 1 aliphatic carbocycles. The van der Waals surface area contributed by atoms with Crippen molar-refractivity contribution in [2.75, 3.05) is 26.3 Å². The molecule has 1 aliphatic heterocycles. The Labute approximate surface area is 88.8 Å². The molecule has 5 nitrogen and oxygen atoms in total. The highest BCUT2D eigenvalue weighted by atomic mass is 16.5. The van der Waals surface area contributed by atoms with Crippen molar-refractivity contribution in [3.63, 3.8) is 0 Å². The number of carbonyl (C=O) groups excluding carboxylic acids is 2. The lowest BCUT2D eigenvalue weighted by molar-refractivity contribution is -0.139. The quantitative estimate of drug-likeness (QED) is 0.642. The normalized spacial score (nSPS) is 21.2. The van der Waals surface area contributed by atoms with Gasteiger partial charge >= 0.3 is 0 Å². The number of carbonyl (C=O) groups is 2. The first-order valence-electron chi connectivity index (χ1n) is 5.40. The van der Waals surface area contributed by atoms with E-state index >= 15 is 0 Å². The fraction of sp³-hybridized carbons (Fsp3) is 0.800. The molecule has 0 atom stereocenters. The second-order valence-electron chi connectivity index (χ2n) is 4.01. The molecule has 84 valence electrons. The summed E-state index contributed by atoms with van der Waals surface area (Å²) in [6.07, 6.45) is 2.09. The van der Waals surface area contributed by atoms with E-state index in [4.69, 9.17) is 4.74 Å². The van der Waals surface area contributed by atoms with Gasteiger partial charge in [0.05, 0.1) is 13.2 Å². The average molecular weight is 212 g/mol. The maximum Gasteiger partial charge on any atom is 0.232 e. The molecule has 1 N–H and O–H groups in total. The molecule has 1 saturated carbocycles. The van der Waals surface area contributed by atoms with E-state index < -0.39 is 0 Å². The van der Waals surface area contributed by atoms with Crippen molar-refractivity contribution in [3.8, 4) is 0 Å². The molecule has 0 aromatic heterocycles. The van der Waals surface area contributed by atoms with Gasteiger partial charge in [-0.25, -0.2) is 0 Å². The van der Waals surface area contributed by atoms with E-state index in [9.17, 15) is 9.59 Å². The van der Waals surface area contributed by atoms with Gasteiger partial charge in [-0.15, -0.1) is 0 Å². The summed E-state index contributed by atoms with van der Waals surface area (Å²) in [6, 6.07) is 0.329. The Hall–Kier alpha value is -1.10. The van der Waals surface area contributed by atoms with Crippen LogP contribution in [0.4, 0.5) is 0 Å². The molecule has 15 heavy (non-hydrogen) atoms. The molecule has 1 saturated heterocycles. The summed E-state index contributed by atoms with van der Waals surface area (Å²) in [5.74, 6) is -0.231. The van der Waals surface area contributed by atoms with Gasteiger partial charge in [0.15, 0.2) is 0 Å². The summed E-state index contributed by atoms with van der Waals surface area (Å²) in [5, 5.41) is 2.81. The Morgan fingerprint density at radius 2 is 1.93 bits per heavy atom. The molecular formula is C10H16N2O3. The first-order valence-corrected chi connectivity index (χ1v) is 5.40. The van der Waals surface area contributed by atoms with Crippen molar-refractivity contribution < 1.29 is 14.3 Å². The third-order valence-corrected chi connectivity index (χ3v) is 2.62. The van der Waals surface area contributed by atoms with Gasteiger partial charge < -0.3 is 15.0 Å². The van der Waals surface area contributed by atoms with Gasteiger partial charge in [0.1, 0.15) is 6.42 Å². The largest absolute Gasteiger partial charge is 0.378 e. The van der Waals surface area contributed by atoms with Crippen LogP contribution in [-0.4, -0.2) is 49.1 Å². The van der Waals surface area contributed by atoms with Gasteiger partial charge in [-0.2, -0.15) is 0 Å². The van der Waals surface area contributed by atoms with Crippen LogP contribution in [0.5, 0.6) is 0 Å². The first-order chi connectivity index (χ1) is 7.25. The maximum atomic E-state index is 11.6. The molecule has 2 aliphatic rings. The summed E-state index contributed by atoms with van der Waals surface area (Å²) in [6.45, 7) is 2.37. The lowest BCUT2D eigenvalue weighted by atomic mass is 10.3. The molecule has 0 aromatic carbocycles. The number of ether oxygens (including phenoxy) is 1. The number of nitrogens with zero attached hydrogens (tertiary/aromatic N) is 1. The number of hydrogen-bond acceptors (Lipinski definition) is 3. The second-order valence-corrected chi connectivity index (χ2v) is 4.01. The molecule has 1 heterocycles. The molecule has 2 amide bonds. The predicted molar refractivity (Wildman–Crippen MR) is 53.2 cm³/mol. The number of nitrogens with one attached hydrogen (secondary N) is 1. The van der Waals surface area contributed by atoms with Crippen LogP contribution in [0.15, 0.2) is 0 Å². The minimum Gasteiger partial charge on any atom is -0.378 e. The van der Waals surface area contributed by atoms with Crippen LogP contribution in [0.3, 0.4) is 0 Å². The molecular weight excluding hydrogens is 196 g/mol. The lowest BCUT2D eigenvalue weighted by Crippen LogP contribution is -2.42. The van der Waals surface area contributed by atoms with E-state index in [1.165, 1.54) is 0 Å². The SMILES string of the molecule is O=C(CC(=O)N1CCOCC1)NC1CC1. The van der Waals surface area contributed by atoms with E-state index in [2.05, 4.69) is 5.32 Å². The van der Waals surface area contributed by atoms with Gasteiger partial charge in [-0.3, -0.25) is 9.59 Å². The smallest absolute Gasteiger partial charge is 0.232 e. The minimum absolute atomic E-state index is 0.0174. The Balaban J connectivity index is 1.71. The summed E-state index contributed by atoms with van der Waals surface area (Å²) in [4.78, 5) is 24.7. The van der Waals surface area contributed by atoms with E-state index in [0.717, 1.165) is 12.8 Å². The van der Waals surface area contributed by atoms with Crippen molar-refractivity contribution in [2.45, 2.75) is 25.3 Å². The highest BCUT2D eigenvalue weighted by molar-refractivity contribution is 5.97. The number of hydrogen-bond donors (Lipinski definition) is 1. The van der Waals surface area contributed by atoms with Crippen molar-refractivity contribution in [3.05, 3.63) is 0 Å². The standard InChI is InChI=1S/C10H16N2O3/c13-9(11-8-1-2-8)7-10(14)12-3-5-15-6-4-12/h8H,1-7H2,(H,11,13). The summed E-state index contributed by atoms with van der Waals surface area (Å²) < 4.78 is 5.13. The zero-order chi connectivity index (χ0) is 10.7. The first kappa shape index (κ1) is 10.4. The highest BCUT2D eigenvalue weighted by Crippen LogP contribution is 2.18. The molecule has 2 fully saturated rings. The van der Waals surface area contributed by atoms with Crippen LogP contribution in [0.1, 0.15) is 19.3 Å². The van der Waals surface area contributed by atoms with Crippen LogP contribution < -0.4 is 5.32 Å². The Kier molecular flexibility index (Phi) is 3.20. The second kappa shape index (κ2) is 4.61. The number of rotatable bonds is 3. The number of amides is 2. The van der Waals surface area contributed by atoms with E-state index in [1.807, 2.05) is 0 Å². The van der Waals surface area contributed by atoms with Crippen molar-refractivity contribution in [1.82, 2.24) is 10.2 Å². The van der Waals surface area contributed by atoms with Gasteiger partial charge in [0.25, 0.3) is 0 Å². The van der Waals surface area contributed by atoms with Gasteiger partial charge in [0, 0.05) is 19.1 Å². The fourth-order valence-electron chi connectivity index (χ4n) is 1.57. The zero-order valence-corrected chi connectivity index (χ0v) is 8.70. The van der Waals surface area contributed by atoms with Crippen LogP contribution in [0, 0.1) is 0 Å². The summed E-state index contributed by atoms with van der Waals surface area (Å²) >= 11 is 0. The van der Waals surface area contributed by atoms with E-state index in [-0.39, 0.29) is 18.2 Å². The Bertz CT molecular complexity index is 257. The highest BCUT2D eigenvalue weighted by Gasteiger charge is 2.25. The van der Waals surface area contributed by atoms with E-state index in [0.29, 0.717) is 32.3 Å². The molecule has 0 radical (unpaired) electrons. The van der Waals surface area contributed by atoms with Crippen molar-refractivity contribution in [1.29, 1.82) is 0 Å². The number of morpholine rings is 1. The zero-order valence-electron chi connectivity index (χ0n) is 8.70. The summed E-state index contributed by atoms with van der Waals surface area (Å²) in [5.41, 5.74) is 0. The average Bonchev–Trinajstić information content (AvgIpc) is 3.03. The molecule has 0 bridgehead atoms. The lowest BCUT2D eigenvalue weighted by Gasteiger charge is -2.26. The van der Waals surface area contributed by atoms with Crippen LogP contribution in [0.2, 0.25) is 0 Å². The van der Waals surface area contributed by atoms with Crippen molar-refractivity contribution in [2.24, 2.45) is 0 Å². The van der Waals surface area contributed by atoms with Gasteiger partial charge in [-0.1, -0.05) is 0 Å². The van der Waals surface area contributed by atoms with Crippen LogP contribution >= 0.6 is 0 Å². The van der Waals surface area contributed by atoms with Crippen molar-refractivity contribution >= 4 is 11.8 Å². The third-order valence-electron chi connectivity index (χ3n) is 2.62. The minimum atomic E-state index is -0.144. The molecule has 2 rings (SSSR count). The monoisotopic (exact) mass is 212 g/mol. The van der Waals surface area contributed by atoms with E-state index in [1.54, 1.807) is 4.90 Å². The molecule has 0 spiro atoms. The molecule has 5 heteroatoms. The molecule has 0 unspecified atom stereocenters. The van der Waals surface area contributed by atoms with Gasteiger partial charge in [-0.05, 0) is 12.8 Å². The Morgan fingerprint density at radius 3 is 2.53 bits per heavy atom. The maximum absolute atomic E-state index is 11.6. The third kappa shape index (κ3) is 3.20. The van der Waals surface area contributed by atoms with Crippen LogP contribution in [0.25, 0.3) is 0 Å². The predicted octanol–water partition coefficient (Wildman–Crippen LogP) is -0.486. The van der Waals surface area contributed by atoms with Crippen LogP contribution in [-0.2, 0) is 14.3 Å².